The molecule has 0 atom stereocenters. The van der Waals surface area contributed by atoms with Crippen molar-refractivity contribution in [2.24, 2.45) is 5.73 Å². The summed E-state index contributed by atoms with van der Waals surface area (Å²) in [7, 11) is -3.53. The minimum absolute atomic E-state index is 0. The Hall–Kier alpha value is -1.21. The molecule has 0 unspecified atom stereocenters. The third-order valence-electron chi connectivity index (χ3n) is 3.99. The topological polar surface area (TPSA) is 85.1 Å². The van der Waals surface area contributed by atoms with Crippen LogP contribution in [0.15, 0.2) is 41.4 Å². The minimum Gasteiger partial charge on any atom is -0.328 e. The van der Waals surface area contributed by atoms with E-state index < -0.39 is 10.0 Å². The molecule has 22 heavy (non-hydrogen) atoms. The summed E-state index contributed by atoms with van der Waals surface area (Å²) in [5.41, 5.74) is 6.55. The first-order chi connectivity index (χ1) is 10.1. The number of nitrogens with one attached hydrogen (secondary N) is 1. The van der Waals surface area contributed by atoms with Gasteiger partial charge in [-0.2, -0.15) is 0 Å². The number of rotatable bonds is 3. The van der Waals surface area contributed by atoms with Crippen molar-refractivity contribution in [1.82, 2.24) is 9.71 Å². The number of pyridine rings is 1. The monoisotopic (exact) mass is 341 g/mol. The quantitative estimate of drug-likeness (QED) is 0.896. The lowest BCUT2D eigenvalue weighted by atomic mass is 9.93. The van der Waals surface area contributed by atoms with Gasteiger partial charge >= 0.3 is 0 Å². The molecule has 1 aromatic heterocycles. The highest BCUT2D eigenvalue weighted by molar-refractivity contribution is 7.89. The molecule has 0 amide bonds. The number of nitrogens with two attached hydrogens (primary N) is 1. The Labute approximate surface area is 136 Å². The van der Waals surface area contributed by atoms with E-state index in [0.717, 1.165) is 25.7 Å². The molecular formula is C15H20ClN3O2S. The van der Waals surface area contributed by atoms with Crippen LogP contribution in [-0.2, 0) is 10.0 Å². The molecule has 0 aliphatic heterocycles. The van der Waals surface area contributed by atoms with Crippen molar-refractivity contribution in [2.45, 2.75) is 42.7 Å². The minimum atomic E-state index is -3.53. The van der Waals surface area contributed by atoms with Crippen LogP contribution in [0.4, 0.5) is 0 Å². The van der Waals surface area contributed by atoms with Gasteiger partial charge in [-0.1, -0.05) is 6.07 Å². The molecule has 7 heteroatoms. The molecule has 1 heterocycles. The van der Waals surface area contributed by atoms with Gasteiger partial charge in [0.1, 0.15) is 0 Å². The van der Waals surface area contributed by atoms with Crippen LogP contribution in [0.2, 0.25) is 0 Å². The van der Waals surface area contributed by atoms with Gasteiger partial charge in [-0.25, -0.2) is 13.1 Å². The van der Waals surface area contributed by atoms with Crippen molar-refractivity contribution < 1.29 is 8.42 Å². The first-order valence-corrected chi connectivity index (χ1v) is 8.66. The molecule has 0 saturated heterocycles. The highest BCUT2D eigenvalue weighted by Gasteiger charge is 2.25. The Balaban J connectivity index is 0.00000176. The van der Waals surface area contributed by atoms with Gasteiger partial charge in [0.15, 0.2) is 0 Å². The molecule has 120 valence electrons. The first-order valence-electron chi connectivity index (χ1n) is 7.18. The fourth-order valence-corrected chi connectivity index (χ4v) is 4.35. The SMILES string of the molecule is Cl.NC1CCC(NS(=O)(=O)c2cccc3ncccc23)CC1. The Morgan fingerprint density at radius 3 is 2.55 bits per heavy atom. The van der Waals surface area contributed by atoms with Gasteiger partial charge in [0.05, 0.1) is 10.4 Å². The van der Waals surface area contributed by atoms with Crippen LogP contribution in [-0.4, -0.2) is 25.5 Å². The summed E-state index contributed by atoms with van der Waals surface area (Å²) in [6.45, 7) is 0. The predicted molar refractivity (Wildman–Crippen MR) is 89.5 cm³/mol. The molecule has 1 aliphatic rings. The second-order valence-corrected chi connectivity index (χ2v) is 7.24. The molecule has 2 aromatic rings. The summed E-state index contributed by atoms with van der Waals surface area (Å²) in [4.78, 5) is 4.50. The third kappa shape index (κ3) is 3.57. The van der Waals surface area contributed by atoms with Crippen molar-refractivity contribution in [3.8, 4) is 0 Å². The van der Waals surface area contributed by atoms with Gasteiger partial charge in [-0.15, -0.1) is 12.4 Å². The zero-order valence-corrected chi connectivity index (χ0v) is 13.7. The summed E-state index contributed by atoms with van der Waals surface area (Å²) in [5.74, 6) is 0. The van der Waals surface area contributed by atoms with Crippen molar-refractivity contribution in [3.05, 3.63) is 36.5 Å². The number of aromatic nitrogens is 1. The summed E-state index contributed by atoms with van der Waals surface area (Å²) in [6.07, 6.45) is 4.98. The van der Waals surface area contributed by atoms with Crippen LogP contribution in [0.1, 0.15) is 25.7 Å². The van der Waals surface area contributed by atoms with Gasteiger partial charge in [0.2, 0.25) is 10.0 Å². The normalized spacial score (nSPS) is 22.2. The summed E-state index contributed by atoms with van der Waals surface area (Å²) >= 11 is 0. The van der Waals surface area contributed by atoms with E-state index in [4.69, 9.17) is 5.73 Å². The lowest BCUT2D eigenvalue weighted by Crippen LogP contribution is -2.40. The standard InChI is InChI=1S/C15H19N3O2S.ClH/c16-11-6-8-12(9-7-11)18-21(19,20)15-5-1-4-14-13(15)3-2-10-17-14;/h1-5,10-12,18H,6-9,16H2;1H. The van der Waals surface area contributed by atoms with E-state index in [2.05, 4.69) is 9.71 Å². The molecular weight excluding hydrogens is 322 g/mol. The summed E-state index contributed by atoms with van der Waals surface area (Å²) in [6, 6.07) is 8.87. The van der Waals surface area contributed by atoms with Crippen LogP contribution in [0.3, 0.4) is 0 Å². The largest absolute Gasteiger partial charge is 0.328 e. The van der Waals surface area contributed by atoms with Crippen molar-refractivity contribution in [1.29, 1.82) is 0 Å². The van der Waals surface area contributed by atoms with Crippen molar-refractivity contribution in [3.63, 3.8) is 0 Å². The molecule has 3 N–H and O–H groups in total. The Bertz CT molecular complexity index is 738. The third-order valence-corrected chi connectivity index (χ3v) is 5.57. The second-order valence-electron chi connectivity index (χ2n) is 5.56. The number of fused-ring (bicyclic) bond motifs is 1. The molecule has 1 fully saturated rings. The van der Waals surface area contributed by atoms with Gasteiger partial charge in [0, 0.05) is 23.7 Å². The second kappa shape index (κ2) is 6.91. The summed E-state index contributed by atoms with van der Waals surface area (Å²) in [5, 5.41) is 0.653. The van der Waals surface area contributed by atoms with Gasteiger partial charge in [-0.3, -0.25) is 4.98 Å². The predicted octanol–water partition coefficient (Wildman–Crippen LogP) is 2.20. The van der Waals surface area contributed by atoms with E-state index in [9.17, 15) is 8.42 Å². The van der Waals surface area contributed by atoms with Crippen LogP contribution in [0, 0.1) is 0 Å². The number of sulfonamides is 1. The maximum Gasteiger partial charge on any atom is 0.241 e. The van der Waals surface area contributed by atoms with E-state index in [1.165, 1.54) is 0 Å². The zero-order chi connectivity index (χ0) is 14.9. The number of nitrogens with zero attached hydrogens (tertiary/aromatic N) is 1. The van der Waals surface area contributed by atoms with Gasteiger partial charge < -0.3 is 5.73 Å². The average molecular weight is 342 g/mol. The molecule has 3 rings (SSSR count). The first kappa shape index (κ1) is 17.1. The van der Waals surface area contributed by atoms with Gasteiger partial charge in [-0.05, 0) is 49.9 Å². The maximum atomic E-state index is 12.6. The zero-order valence-electron chi connectivity index (χ0n) is 12.1. The average Bonchev–Trinajstić information content (AvgIpc) is 2.49. The van der Waals surface area contributed by atoms with E-state index in [1.807, 2.05) is 6.07 Å². The molecule has 1 saturated carbocycles. The Morgan fingerprint density at radius 1 is 1.09 bits per heavy atom. The fourth-order valence-electron chi connectivity index (χ4n) is 2.83. The van der Waals surface area contributed by atoms with E-state index >= 15 is 0 Å². The van der Waals surface area contributed by atoms with Crippen LogP contribution < -0.4 is 10.5 Å². The molecule has 1 aliphatic carbocycles. The van der Waals surface area contributed by atoms with Crippen molar-refractivity contribution >= 4 is 33.3 Å². The molecule has 0 bridgehead atoms. The summed E-state index contributed by atoms with van der Waals surface area (Å²) < 4.78 is 28.1. The number of hydrogen-bond acceptors (Lipinski definition) is 4. The van der Waals surface area contributed by atoms with Crippen LogP contribution in [0.5, 0.6) is 0 Å². The molecule has 0 radical (unpaired) electrons. The van der Waals surface area contributed by atoms with Crippen LogP contribution in [0.25, 0.3) is 10.9 Å². The van der Waals surface area contributed by atoms with Gasteiger partial charge in [0.25, 0.3) is 0 Å². The van der Waals surface area contributed by atoms with E-state index in [0.29, 0.717) is 15.8 Å². The van der Waals surface area contributed by atoms with Crippen LogP contribution >= 0.6 is 12.4 Å². The van der Waals surface area contributed by atoms with E-state index in [-0.39, 0.29) is 24.5 Å². The van der Waals surface area contributed by atoms with E-state index in [1.54, 1.807) is 30.5 Å². The molecule has 0 spiro atoms. The highest BCUT2D eigenvalue weighted by Crippen LogP contribution is 2.23. The Kier molecular flexibility index (Phi) is 5.39. The lowest BCUT2D eigenvalue weighted by molar-refractivity contribution is 0.373. The fraction of sp³-hybridized carbons (Fsp3) is 0.400. The molecule has 1 aromatic carbocycles. The van der Waals surface area contributed by atoms with Crippen molar-refractivity contribution in [2.75, 3.05) is 0 Å². The number of halogens is 1. The number of benzene rings is 1. The maximum absolute atomic E-state index is 12.6. The lowest BCUT2D eigenvalue weighted by Gasteiger charge is -2.26. The molecule has 5 nitrogen and oxygen atoms in total. The highest BCUT2D eigenvalue weighted by atomic mass is 35.5. The number of hydrogen-bond donors (Lipinski definition) is 2. The Morgan fingerprint density at radius 2 is 1.82 bits per heavy atom. The smallest absolute Gasteiger partial charge is 0.241 e.